The number of para-hydroxylation sites is 1. The number of hydrogen-bond donors (Lipinski definition) is 1. The number of halogens is 1. The van der Waals surface area contributed by atoms with Crippen molar-refractivity contribution in [2.45, 2.75) is 23.8 Å². The summed E-state index contributed by atoms with van der Waals surface area (Å²) in [7, 11) is -3.87. The van der Waals surface area contributed by atoms with Crippen LogP contribution in [0.3, 0.4) is 0 Å². The normalized spacial score (nSPS) is 14.2. The Balaban J connectivity index is 1.93. The summed E-state index contributed by atoms with van der Waals surface area (Å²) in [5, 5.41) is 3.27. The van der Waals surface area contributed by atoms with Gasteiger partial charge in [-0.1, -0.05) is 29.8 Å². The SMILES string of the molecule is O=C(CN(c1ccccc1)S(=O)(=O)c1ccc(Cl)cc1)NC1CC1. The number of benzene rings is 2. The Hall–Kier alpha value is -2.05. The number of rotatable bonds is 6. The summed E-state index contributed by atoms with van der Waals surface area (Å²) in [6.45, 7) is -0.258. The number of carbonyl (C=O) groups excluding carboxylic acids is 1. The van der Waals surface area contributed by atoms with Crippen LogP contribution >= 0.6 is 11.6 Å². The van der Waals surface area contributed by atoms with Gasteiger partial charge in [-0.05, 0) is 49.2 Å². The number of sulfonamides is 1. The monoisotopic (exact) mass is 364 g/mol. The van der Waals surface area contributed by atoms with Gasteiger partial charge in [0, 0.05) is 11.1 Å². The van der Waals surface area contributed by atoms with Crippen molar-refractivity contribution in [1.82, 2.24) is 5.32 Å². The molecule has 0 atom stereocenters. The summed E-state index contributed by atoms with van der Waals surface area (Å²) in [5.41, 5.74) is 0.443. The van der Waals surface area contributed by atoms with E-state index >= 15 is 0 Å². The number of nitrogens with one attached hydrogen (secondary N) is 1. The van der Waals surface area contributed by atoms with E-state index in [-0.39, 0.29) is 23.4 Å². The van der Waals surface area contributed by atoms with E-state index in [1.165, 1.54) is 24.3 Å². The van der Waals surface area contributed by atoms with Gasteiger partial charge in [-0.15, -0.1) is 0 Å². The Labute approximate surface area is 146 Å². The fourth-order valence-corrected chi connectivity index (χ4v) is 3.82. The van der Waals surface area contributed by atoms with Gasteiger partial charge in [0.2, 0.25) is 5.91 Å². The van der Waals surface area contributed by atoms with Crippen LogP contribution < -0.4 is 9.62 Å². The van der Waals surface area contributed by atoms with Gasteiger partial charge >= 0.3 is 0 Å². The molecular formula is C17H17ClN2O3S. The molecule has 0 spiro atoms. The van der Waals surface area contributed by atoms with E-state index in [0.717, 1.165) is 17.1 Å². The maximum absolute atomic E-state index is 13.0. The second-order valence-corrected chi connectivity index (χ2v) is 7.94. The van der Waals surface area contributed by atoms with E-state index in [4.69, 9.17) is 11.6 Å². The fourth-order valence-electron chi connectivity index (χ4n) is 2.27. The summed E-state index contributed by atoms with van der Waals surface area (Å²) in [5.74, 6) is -0.307. The van der Waals surface area contributed by atoms with Crippen LogP contribution in [0.4, 0.5) is 5.69 Å². The maximum atomic E-state index is 13.0. The molecule has 0 radical (unpaired) electrons. The van der Waals surface area contributed by atoms with Crippen molar-refractivity contribution in [2.24, 2.45) is 0 Å². The van der Waals surface area contributed by atoms with Crippen LogP contribution in [0.25, 0.3) is 0 Å². The number of amides is 1. The lowest BCUT2D eigenvalue weighted by molar-refractivity contribution is -0.119. The van der Waals surface area contributed by atoms with Gasteiger partial charge in [-0.3, -0.25) is 9.10 Å². The Morgan fingerprint density at radius 1 is 1.08 bits per heavy atom. The van der Waals surface area contributed by atoms with Gasteiger partial charge in [-0.25, -0.2) is 8.42 Å². The highest BCUT2D eigenvalue weighted by Crippen LogP contribution is 2.25. The molecule has 0 unspecified atom stereocenters. The highest BCUT2D eigenvalue weighted by Gasteiger charge is 2.29. The van der Waals surface area contributed by atoms with Gasteiger partial charge in [0.25, 0.3) is 10.0 Å². The summed E-state index contributed by atoms with van der Waals surface area (Å²) < 4.78 is 27.1. The second-order valence-electron chi connectivity index (χ2n) is 5.64. The molecule has 0 saturated heterocycles. The van der Waals surface area contributed by atoms with Crippen LogP contribution in [0.2, 0.25) is 5.02 Å². The lowest BCUT2D eigenvalue weighted by atomic mass is 10.3. The van der Waals surface area contributed by atoms with Crippen molar-refractivity contribution < 1.29 is 13.2 Å². The van der Waals surface area contributed by atoms with Crippen LogP contribution in [0, 0.1) is 0 Å². The molecule has 126 valence electrons. The maximum Gasteiger partial charge on any atom is 0.264 e. The summed E-state index contributed by atoms with van der Waals surface area (Å²) >= 11 is 5.83. The summed E-state index contributed by atoms with van der Waals surface area (Å²) in [6.07, 6.45) is 1.89. The van der Waals surface area contributed by atoms with Gasteiger partial charge in [0.05, 0.1) is 10.6 Å². The molecule has 1 amide bonds. The number of carbonyl (C=O) groups is 1. The third kappa shape index (κ3) is 3.88. The molecule has 2 aromatic carbocycles. The molecule has 1 aliphatic rings. The molecule has 5 nitrogen and oxygen atoms in total. The molecule has 1 saturated carbocycles. The highest BCUT2D eigenvalue weighted by molar-refractivity contribution is 7.92. The van der Waals surface area contributed by atoms with Crippen molar-refractivity contribution >= 4 is 33.2 Å². The molecule has 2 aromatic rings. The Morgan fingerprint density at radius 2 is 1.71 bits per heavy atom. The second kappa shape index (κ2) is 6.83. The third-order valence-corrected chi connectivity index (χ3v) is 5.72. The zero-order valence-corrected chi connectivity index (χ0v) is 14.4. The largest absolute Gasteiger partial charge is 0.352 e. The topological polar surface area (TPSA) is 66.5 Å². The zero-order chi connectivity index (χ0) is 17.2. The van der Waals surface area contributed by atoms with Crippen molar-refractivity contribution in [3.63, 3.8) is 0 Å². The quantitative estimate of drug-likeness (QED) is 0.857. The minimum atomic E-state index is -3.87. The number of nitrogens with zero attached hydrogens (tertiary/aromatic N) is 1. The molecule has 3 rings (SSSR count). The minimum absolute atomic E-state index is 0.0926. The molecular weight excluding hydrogens is 348 g/mol. The molecule has 0 bridgehead atoms. The fraction of sp³-hybridized carbons (Fsp3) is 0.235. The first-order valence-electron chi connectivity index (χ1n) is 7.59. The van der Waals surface area contributed by atoms with E-state index in [1.807, 2.05) is 0 Å². The highest BCUT2D eigenvalue weighted by atomic mass is 35.5. The lowest BCUT2D eigenvalue weighted by Crippen LogP contribution is -2.41. The van der Waals surface area contributed by atoms with Crippen LogP contribution in [0.15, 0.2) is 59.5 Å². The molecule has 0 heterocycles. The van der Waals surface area contributed by atoms with Crippen LogP contribution in [0.5, 0.6) is 0 Å². The van der Waals surface area contributed by atoms with Gasteiger partial charge in [0.15, 0.2) is 0 Å². The predicted octanol–water partition coefficient (Wildman–Crippen LogP) is 2.81. The van der Waals surface area contributed by atoms with E-state index in [9.17, 15) is 13.2 Å². The molecule has 0 aliphatic heterocycles. The van der Waals surface area contributed by atoms with Gasteiger partial charge in [0.1, 0.15) is 6.54 Å². The smallest absolute Gasteiger partial charge is 0.264 e. The standard InChI is InChI=1S/C17H17ClN2O3S/c18-13-6-10-16(11-7-13)24(22,23)20(15-4-2-1-3-5-15)12-17(21)19-14-8-9-14/h1-7,10-11,14H,8-9,12H2,(H,19,21). The van der Waals surface area contributed by atoms with Gasteiger partial charge in [-0.2, -0.15) is 0 Å². The first kappa shape index (κ1) is 16.8. The molecule has 1 aliphatic carbocycles. The summed E-state index contributed by atoms with van der Waals surface area (Å²) in [4.78, 5) is 12.3. The number of anilines is 1. The Kier molecular flexibility index (Phi) is 4.78. The molecule has 24 heavy (non-hydrogen) atoms. The van der Waals surface area contributed by atoms with E-state index in [1.54, 1.807) is 30.3 Å². The van der Waals surface area contributed by atoms with E-state index in [0.29, 0.717) is 10.7 Å². The average Bonchev–Trinajstić information content (AvgIpc) is 3.37. The predicted molar refractivity (Wildman–Crippen MR) is 93.6 cm³/mol. The van der Waals surface area contributed by atoms with Crippen LogP contribution in [0.1, 0.15) is 12.8 Å². The van der Waals surface area contributed by atoms with Crippen molar-refractivity contribution in [3.8, 4) is 0 Å². The van der Waals surface area contributed by atoms with Crippen LogP contribution in [-0.4, -0.2) is 26.9 Å². The first-order valence-corrected chi connectivity index (χ1v) is 9.41. The van der Waals surface area contributed by atoms with Gasteiger partial charge < -0.3 is 5.32 Å². The molecule has 1 N–H and O–H groups in total. The zero-order valence-electron chi connectivity index (χ0n) is 12.9. The van der Waals surface area contributed by atoms with E-state index in [2.05, 4.69) is 5.32 Å². The first-order chi connectivity index (χ1) is 11.5. The van der Waals surface area contributed by atoms with Crippen LogP contribution in [-0.2, 0) is 14.8 Å². The lowest BCUT2D eigenvalue weighted by Gasteiger charge is -2.24. The van der Waals surface area contributed by atoms with E-state index < -0.39 is 10.0 Å². The minimum Gasteiger partial charge on any atom is -0.352 e. The van der Waals surface area contributed by atoms with Crippen molar-refractivity contribution in [3.05, 3.63) is 59.6 Å². The van der Waals surface area contributed by atoms with Crippen molar-refractivity contribution in [1.29, 1.82) is 0 Å². The summed E-state index contributed by atoms with van der Waals surface area (Å²) in [6, 6.07) is 14.7. The Bertz CT molecular complexity index is 819. The average molecular weight is 365 g/mol. The molecule has 1 fully saturated rings. The van der Waals surface area contributed by atoms with Crippen molar-refractivity contribution in [2.75, 3.05) is 10.8 Å². The third-order valence-electron chi connectivity index (χ3n) is 3.68. The molecule has 0 aromatic heterocycles. The molecule has 7 heteroatoms. The Morgan fingerprint density at radius 3 is 2.29 bits per heavy atom. The number of hydrogen-bond acceptors (Lipinski definition) is 3.